The molecule has 2 atom stereocenters. The van der Waals surface area contributed by atoms with Crippen LogP contribution >= 0.6 is 0 Å². The molecular formula is C20H22N8O2. The van der Waals surface area contributed by atoms with Crippen molar-refractivity contribution in [1.82, 2.24) is 29.9 Å². The third-order valence-electron chi connectivity index (χ3n) is 5.18. The van der Waals surface area contributed by atoms with Crippen molar-refractivity contribution < 1.29 is 9.21 Å². The summed E-state index contributed by atoms with van der Waals surface area (Å²) in [7, 11) is 1.75. The molecule has 0 spiro atoms. The predicted octanol–water partition coefficient (Wildman–Crippen LogP) is 3.05. The summed E-state index contributed by atoms with van der Waals surface area (Å²) in [5.74, 6) is 1.80. The Morgan fingerprint density at radius 3 is 2.87 bits per heavy atom. The highest BCUT2D eigenvalue weighted by Crippen LogP contribution is 2.34. The number of likely N-dealkylation sites (tertiary alicyclic amines) is 1. The van der Waals surface area contributed by atoms with Crippen LogP contribution in [-0.2, 0) is 7.05 Å². The van der Waals surface area contributed by atoms with Crippen LogP contribution in [-0.4, -0.2) is 42.4 Å². The molecule has 1 saturated heterocycles. The Balaban J connectivity index is 1.59. The molecule has 1 fully saturated rings. The fourth-order valence-electron chi connectivity index (χ4n) is 3.63. The standard InChI is InChI=1S/C20H22N8O2/c1-12-6-7-28(17(8-12)19-25-24-13(2)30-19)20(29)23-15-5-4-14(10-21)16(9-15)18-22-11-27(3)26-18/h4-5,9,11-12,17H,6-8H2,1-3H3,(H,23,29)/t12-,17?/m0/s1. The smallest absolute Gasteiger partial charge is 0.322 e. The lowest BCUT2D eigenvalue weighted by Crippen LogP contribution is -2.43. The molecule has 10 heteroatoms. The number of piperidine rings is 1. The molecule has 2 aromatic heterocycles. The maximum atomic E-state index is 13.1. The van der Waals surface area contributed by atoms with Crippen molar-refractivity contribution in [2.75, 3.05) is 11.9 Å². The average Bonchev–Trinajstić information content (AvgIpc) is 3.36. The average molecular weight is 406 g/mol. The number of hydrogen-bond donors (Lipinski definition) is 1. The number of nitrogens with one attached hydrogen (secondary N) is 1. The number of nitriles is 1. The maximum absolute atomic E-state index is 13.1. The highest BCUT2D eigenvalue weighted by Gasteiger charge is 2.34. The van der Waals surface area contributed by atoms with Gasteiger partial charge in [-0.2, -0.15) is 10.4 Å². The lowest BCUT2D eigenvalue weighted by Gasteiger charge is -2.36. The van der Waals surface area contributed by atoms with Gasteiger partial charge in [0.05, 0.1) is 11.6 Å². The zero-order valence-corrected chi connectivity index (χ0v) is 17.0. The minimum Gasteiger partial charge on any atom is -0.423 e. The van der Waals surface area contributed by atoms with Crippen LogP contribution in [0.25, 0.3) is 11.4 Å². The highest BCUT2D eigenvalue weighted by molar-refractivity contribution is 5.90. The normalized spacial score (nSPS) is 18.8. The Hall–Kier alpha value is -3.74. The summed E-state index contributed by atoms with van der Waals surface area (Å²) in [6, 6.07) is 6.67. The van der Waals surface area contributed by atoms with E-state index in [0.29, 0.717) is 46.9 Å². The van der Waals surface area contributed by atoms with E-state index in [1.54, 1.807) is 48.1 Å². The van der Waals surface area contributed by atoms with Crippen LogP contribution < -0.4 is 5.32 Å². The van der Waals surface area contributed by atoms with Crippen LogP contribution in [0.2, 0.25) is 0 Å². The fourth-order valence-corrected chi connectivity index (χ4v) is 3.63. The number of benzene rings is 1. The van der Waals surface area contributed by atoms with Gasteiger partial charge in [0.1, 0.15) is 12.4 Å². The molecular weight excluding hydrogens is 384 g/mol. The van der Waals surface area contributed by atoms with Gasteiger partial charge in [0.2, 0.25) is 11.8 Å². The number of carbonyl (C=O) groups excluding carboxylic acids is 1. The van der Waals surface area contributed by atoms with Crippen molar-refractivity contribution in [3.63, 3.8) is 0 Å². The molecule has 0 aliphatic carbocycles. The van der Waals surface area contributed by atoms with Crippen molar-refractivity contribution in [1.29, 1.82) is 5.26 Å². The molecule has 3 aromatic rings. The van der Waals surface area contributed by atoms with Crippen LogP contribution in [0.3, 0.4) is 0 Å². The molecule has 0 radical (unpaired) electrons. The Labute approximate surface area is 173 Å². The Kier molecular flexibility index (Phi) is 5.18. The first-order valence-electron chi connectivity index (χ1n) is 9.72. The van der Waals surface area contributed by atoms with Gasteiger partial charge in [0.25, 0.3) is 0 Å². The third kappa shape index (κ3) is 3.87. The molecule has 4 rings (SSSR count). The Morgan fingerprint density at radius 2 is 2.20 bits per heavy atom. The molecule has 154 valence electrons. The van der Waals surface area contributed by atoms with E-state index in [-0.39, 0.29) is 12.1 Å². The summed E-state index contributed by atoms with van der Waals surface area (Å²) in [6.45, 7) is 4.47. The number of rotatable bonds is 3. The van der Waals surface area contributed by atoms with Gasteiger partial charge in [-0.05, 0) is 37.0 Å². The fraction of sp³-hybridized carbons (Fsp3) is 0.400. The summed E-state index contributed by atoms with van der Waals surface area (Å²) in [4.78, 5) is 19.0. The van der Waals surface area contributed by atoms with E-state index in [9.17, 15) is 10.1 Å². The summed E-state index contributed by atoms with van der Waals surface area (Å²) in [5.41, 5.74) is 1.55. The molecule has 0 bridgehead atoms. The number of carbonyl (C=O) groups is 1. The minimum absolute atomic E-state index is 0.257. The number of anilines is 1. The van der Waals surface area contributed by atoms with Gasteiger partial charge in [-0.15, -0.1) is 10.2 Å². The van der Waals surface area contributed by atoms with E-state index in [1.807, 2.05) is 0 Å². The molecule has 0 saturated carbocycles. The quantitative estimate of drug-likeness (QED) is 0.708. The van der Waals surface area contributed by atoms with E-state index in [0.717, 1.165) is 12.8 Å². The second-order valence-electron chi connectivity index (χ2n) is 7.54. The number of hydrogen-bond acceptors (Lipinski definition) is 7. The van der Waals surface area contributed by atoms with Crippen molar-refractivity contribution in [3.05, 3.63) is 41.9 Å². The summed E-state index contributed by atoms with van der Waals surface area (Å²) in [5, 5.41) is 24.7. The molecule has 30 heavy (non-hydrogen) atoms. The lowest BCUT2D eigenvalue weighted by molar-refractivity contribution is 0.125. The highest BCUT2D eigenvalue weighted by atomic mass is 16.4. The second kappa shape index (κ2) is 7.94. The SMILES string of the molecule is Cc1nnc(C2C[C@@H](C)CCN2C(=O)Nc2ccc(C#N)c(-c3ncn(C)n3)c2)o1. The first-order valence-corrected chi connectivity index (χ1v) is 9.72. The van der Waals surface area contributed by atoms with Crippen molar-refractivity contribution in [3.8, 4) is 17.5 Å². The van der Waals surface area contributed by atoms with E-state index >= 15 is 0 Å². The molecule has 3 heterocycles. The van der Waals surface area contributed by atoms with Crippen LogP contribution in [0.5, 0.6) is 0 Å². The van der Waals surface area contributed by atoms with E-state index in [1.165, 1.54) is 0 Å². The van der Waals surface area contributed by atoms with E-state index < -0.39 is 0 Å². The molecule has 1 unspecified atom stereocenters. The van der Waals surface area contributed by atoms with Crippen LogP contribution in [0.15, 0.2) is 28.9 Å². The first-order chi connectivity index (χ1) is 14.4. The molecule has 2 amide bonds. The zero-order chi connectivity index (χ0) is 21.3. The molecule has 1 aliphatic heterocycles. The molecule has 1 aliphatic rings. The van der Waals surface area contributed by atoms with Crippen molar-refractivity contribution in [2.24, 2.45) is 13.0 Å². The maximum Gasteiger partial charge on any atom is 0.322 e. The van der Waals surface area contributed by atoms with Gasteiger partial charge in [-0.1, -0.05) is 6.92 Å². The van der Waals surface area contributed by atoms with Crippen LogP contribution in [0.4, 0.5) is 10.5 Å². The number of urea groups is 1. The largest absolute Gasteiger partial charge is 0.423 e. The van der Waals surface area contributed by atoms with Crippen molar-refractivity contribution >= 4 is 11.7 Å². The monoisotopic (exact) mass is 406 g/mol. The van der Waals surface area contributed by atoms with Crippen LogP contribution in [0, 0.1) is 24.2 Å². The topological polar surface area (TPSA) is 126 Å². The van der Waals surface area contributed by atoms with Gasteiger partial charge >= 0.3 is 6.03 Å². The Bertz CT molecular complexity index is 1110. The van der Waals surface area contributed by atoms with Gasteiger partial charge in [0, 0.05) is 31.8 Å². The number of aromatic nitrogens is 5. The van der Waals surface area contributed by atoms with E-state index in [4.69, 9.17) is 4.42 Å². The van der Waals surface area contributed by atoms with Gasteiger partial charge in [-0.25, -0.2) is 9.78 Å². The summed E-state index contributed by atoms with van der Waals surface area (Å²) >= 11 is 0. The summed E-state index contributed by atoms with van der Waals surface area (Å²) < 4.78 is 7.18. The Morgan fingerprint density at radius 1 is 1.37 bits per heavy atom. The molecule has 1 N–H and O–H groups in total. The zero-order valence-electron chi connectivity index (χ0n) is 17.0. The molecule has 1 aromatic carbocycles. The number of aryl methyl sites for hydroxylation is 2. The lowest BCUT2D eigenvalue weighted by atomic mass is 9.92. The summed E-state index contributed by atoms with van der Waals surface area (Å²) in [6.07, 6.45) is 3.21. The van der Waals surface area contributed by atoms with Crippen molar-refractivity contribution in [2.45, 2.75) is 32.7 Å². The van der Waals surface area contributed by atoms with Gasteiger partial charge in [-0.3, -0.25) is 4.68 Å². The van der Waals surface area contributed by atoms with Gasteiger partial charge in [0.15, 0.2) is 5.82 Å². The molecule has 10 nitrogen and oxygen atoms in total. The number of amides is 2. The van der Waals surface area contributed by atoms with Gasteiger partial charge < -0.3 is 14.6 Å². The first kappa shape index (κ1) is 19.6. The van der Waals surface area contributed by atoms with Crippen LogP contribution in [0.1, 0.15) is 43.2 Å². The second-order valence-corrected chi connectivity index (χ2v) is 7.54. The predicted molar refractivity (Wildman–Crippen MR) is 107 cm³/mol. The number of nitrogens with zero attached hydrogens (tertiary/aromatic N) is 7. The third-order valence-corrected chi connectivity index (χ3v) is 5.18. The van der Waals surface area contributed by atoms with E-state index in [2.05, 4.69) is 38.6 Å². The minimum atomic E-state index is -0.273.